The molecule has 1 heterocycles. The molecule has 1 amide bonds. The van der Waals surface area contributed by atoms with Gasteiger partial charge in [-0.05, 0) is 29.3 Å². The summed E-state index contributed by atoms with van der Waals surface area (Å²) in [6.07, 6.45) is 0. The van der Waals surface area contributed by atoms with Crippen LogP contribution in [0.15, 0.2) is 48.5 Å². The van der Waals surface area contributed by atoms with Crippen LogP contribution in [0.2, 0.25) is 0 Å². The summed E-state index contributed by atoms with van der Waals surface area (Å²) in [6.45, 7) is 2.17. The van der Waals surface area contributed by atoms with E-state index in [0.29, 0.717) is 37.4 Å². The maximum Gasteiger partial charge on any atom is 0.254 e. The van der Waals surface area contributed by atoms with E-state index in [-0.39, 0.29) is 5.91 Å². The summed E-state index contributed by atoms with van der Waals surface area (Å²) in [6, 6.07) is 14.0. The number of hydrogen-bond donors (Lipinski definition) is 0. The first-order valence-electron chi connectivity index (χ1n) is 6.97. The predicted octanol–water partition coefficient (Wildman–Crippen LogP) is 2.97. The molecule has 0 aromatic heterocycles. The fourth-order valence-electron chi connectivity index (χ4n) is 2.46. The summed E-state index contributed by atoms with van der Waals surface area (Å²) in [4.78, 5) is 14.1. The van der Waals surface area contributed by atoms with Crippen LogP contribution in [0.1, 0.15) is 10.4 Å². The second kappa shape index (κ2) is 6.06. The van der Waals surface area contributed by atoms with E-state index in [1.165, 1.54) is 12.1 Å². The largest absolute Gasteiger partial charge is 0.378 e. The lowest BCUT2D eigenvalue weighted by atomic mass is 10.0. The third-order valence-corrected chi connectivity index (χ3v) is 3.55. The Morgan fingerprint density at radius 2 is 1.71 bits per heavy atom. The van der Waals surface area contributed by atoms with Crippen LogP contribution in [-0.2, 0) is 4.74 Å². The Kier molecular flexibility index (Phi) is 3.97. The van der Waals surface area contributed by atoms with Gasteiger partial charge in [-0.25, -0.2) is 4.39 Å². The number of carbonyl (C=O) groups excluding carboxylic acids is 1. The Morgan fingerprint density at radius 1 is 1.00 bits per heavy atom. The predicted molar refractivity (Wildman–Crippen MR) is 78.6 cm³/mol. The molecule has 3 nitrogen and oxygen atoms in total. The van der Waals surface area contributed by atoms with Gasteiger partial charge < -0.3 is 9.64 Å². The molecule has 2 aromatic carbocycles. The minimum atomic E-state index is -0.395. The molecule has 1 aliphatic rings. The topological polar surface area (TPSA) is 29.5 Å². The molecule has 1 fully saturated rings. The number of morpholine rings is 1. The highest BCUT2D eigenvalue weighted by molar-refractivity contribution is 5.95. The van der Waals surface area contributed by atoms with Crippen LogP contribution >= 0.6 is 0 Å². The van der Waals surface area contributed by atoms with Gasteiger partial charge in [0, 0.05) is 18.7 Å². The van der Waals surface area contributed by atoms with Crippen molar-refractivity contribution in [1.82, 2.24) is 4.90 Å². The van der Waals surface area contributed by atoms with Gasteiger partial charge in [-0.15, -0.1) is 0 Å². The zero-order chi connectivity index (χ0) is 14.7. The van der Waals surface area contributed by atoms with Gasteiger partial charge in [-0.1, -0.05) is 30.3 Å². The van der Waals surface area contributed by atoms with Crippen molar-refractivity contribution >= 4 is 5.91 Å². The fraction of sp³-hybridized carbons (Fsp3) is 0.235. The van der Waals surface area contributed by atoms with Crippen molar-refractivity contribution in [1.29, 1.82) is 0 Å². The number of amides is 1. The van der Waals surface area contributed by atoms with E-state index >= 15 is 0 Å². The first kappa shape index (κ1) is 13.8. The van der Waals surface area contributed by atoms with Crippen LogP contribution in [-0.4, -0.2) is 37.1 Å². The van der Waals surface area contributed by atoms with Gasteiger partial charge in [-0.3, -0.25) is 4.79 Å². The molecule has 4 heteroatoms. The van der Waals surface area contributed by atoms with E-state index < -0.39 is 5.82 Å². The molecule has 0 atom stereocenters. The Morgan fingerprint density at radius 3 is 2.43 bits per heavy atom. The Bertz CT molecular complexity index is 636. The summed E-state index contributed by atoms with van der Waals surface area (Å²) in [5.41, 5.74) is 2.00. The molecule has 1 aliphatic heterocycles. The van der Waals surface area contributed by atoms with E-state index in [1.807, 2.05) is 30.3 Å². The lowest BCUT2D eigenvalue weighted by Gasteiger charge is -2.27. The van der Waals surface area contributed by atoms with E-state index in [4.69, 9.17) is 4.74 Å². The maximum atomic E-state index is 13.8. The van der Waals surface area contributed by atoms with Crippen LogP contribution in [0.3, 0.4) is 0 Å². The van der Waals surface area contributed by atoms with Crippen molar-refractivity contribution in [2.24, 2.45) is 0 Å². The normalized spacial score (nSPS) is 15.0. The number of nitrogens with zero attached hydrogens (tertiary/aromatic N) is 1. The van der Waals surface area contributed by atoms with Gasteiger partial charge in [-0.2, -0.15) is 0 Å². The molecule has 3 rings (SSSR count). The van der Waals surface area contributed by atoms with Crippen molar-refractivity contribution in [3.63, 3.8) is 0 Å². The molecule has 21 heavy (non-hydrogen) atoms. The Balaban J connectivity index is 1.92. The quantitative estimate of drug-likeness (QED) is 0.849. The molecule has 0 N–H and O–H groups in total. The molecule has 0 radical (unpaired) electrons. The highest BCUT2D eigenvalue weighted by Crippen LogP contribution is 2.22. The maximum absolute atomic E-state index is 13.8. The second-order valence-electron chi connectivity index (χ2n) is 5.00. The monoisotopic (exact) mass is 285 g/mol. The number of benzene rings is 2. The highest BCUT2D eigenvalue weighted by atomic mass is 19.1. The lowest BCUT2D eigenvalue weighted by molar-refractivity contribution is 0.0302. The number of ether oxygens (including phenoxy) is 1. The molecule has 0 bridgehead atoms. The third kappa shape index (κ3) is 3.11. The average Bonchev–Trinajstić information content (AvgIpc) is 2.55. The summed E-state index contributed by atoms with van der Waals surface area (Å²) in [7, 11) is 0. The Labute approximate surface area is 123 Å². The zero-order valence-electron chi connectivity index (χ0n) is 11.6. The summed E-state index contributed by atoms with van der Waals surface area (Å²) in [5, 5.41) is 0. The van der Waals surface area contributed by atoms with Gasteiger partial charge in [0.1, 0.15) is 5.82 Å². The van der Waals surface area contributed by atoms with Gasteiger partial charge >= 0.3 is 0 Å². The van der Waals surface area contributed by atoms with E-state index in [9.17, 15) is 9.18 Å². The molecular weight excluding hydrogens is 269 g/mol. The SMILES string of the molecule is O=C(c1cc(F)cc(-c2ccccc2)c1)N1CCOCC1. The molecule has 0 saturated carbocycles. The highest BCUT2D eigenvalue weighted by Gasteiger charge is 2.19. The molecule has 0 aliphatic carbocycles. The van der Waals surface area contributed by atoms with E-state index in [0.717, 1.165) is 5.56 Å². The van der Waals surface area contributed by atoms with Crippen LogP contribution in [0, 0.1) is 5.82 Å². The minimum Gasteiger partial charge on any atom is -0.378 e. The van der Waals surface area contributed by atoms with Crippen molar-refractivity contribution in [2.45, 2.75) is 0 Å². The lowest BCUT2D eigenvalue weighted by Crippen LogP contribution is -2.40. The molecule has 0 spiro atoms. The zero-order valence-corrected chi connectivity index (χ0v) is 11.6. The van der Waals surface area contributed by atoms with Gasteiger partial charge in [0.15, 0.2) is 0 Å². The standard InChI is InChI=1S/C17H16FNO2/c18-16-11-14(13-4-2-1-3-5-13)10-15(12-16)17(20)19-6-8-21-9-7-19/h1-5,10-12H,6-9H2. The minimum absolute atomic E-state index is 0.144. The first-order valence-corrected chi connectivity index (χ1v) is 6.97. The van der Waals surface area contributed by atoms with Crippen molar-refractivity contribution in [2.75, 3.05) is 26.3 Å². The molecule has 1 saturated heterocycles. The third-order valence-electron chi connectivity index (χ3n) is 3.55. The number of halogens is 1. The molecule has 0 unspecified atom stereocenters. The summed E-state index contributed by atoms with van der Waals surface area (Å²) in [5.74, 6) is -0.539. The first-order chi connectivity index (χ1) is 10.2. The Hall–Kier alpha value is -2.20. The van der Waals surface area contributed by atoms with Gasteiger partial charge in [0.25, 0.3) is 5.91 Å². The second-order valence-corrected chi connectivity index (χ2v) is 5.00. The molecule has 108 valence electrons. The van der Waals surface area contributed by atoms with E-state index in [2.05, 4.69) is 0 Å². The molecule has 2 aromatic rings. The summed E-state index contributed by atoms with van der Waals surface area (Å²) >= 11 is 0. The van der Waals surface area contributed by atoms with Gasteiger partial charge in [0.2, 0.25) is 0 Å². The number of carbonyl (C=O) groups is 1. The van der Waals surface area contributed by atoms with Crippen LogP contribution in [0.25, 0.3) is 11.1 Å². The van der Waals surface area contributed by atoms with Crippen LogP contribution < -0.4 is 0 Å². The fourth-order valence-corrected chi connectivity index (χ4v) is 2.46. The summed E-state index contributed by atoms with van der Waals surface area (Å²) < 4.78 is 19.1. The van der Waals surface area contributed by atoms with Crippen molar-refractivity contribution in [3.8, 4) is 11.1 Å². The smallest absolute Gasteiger partial charge is 0.254 e. The molecular formula is C17H16FNO2. The van der Waals surface area contributed by atoms with Gasteiger partial charge in [0.05, 0.1) is 13.2 Å². The number of rotatable bonds is 2. The van der Waals surface area contributed by atoms with Crippen molar-refractivity contribution in [3.05, 3.63) is 59.9 Å². The van der Waals surface area contributed by atoms with E-state index in [1.54, 1.807) is 11.0 Å². The van der Waals surface area contributed by atoms with Crippen LogP contribution in [0.4, 0.5) is 4.39 Å². The van der Waals surface area contributed by atoms with Crippen molar-refractivity contribution < 1.29 is 13.9 Å². The number of hydrogen-bond acceptors (Lipinski definition) is 2. The average molecular weight is 285 g/mol. The van der Waals surface area contributed by atoms with Crippen LogP contribution in [0.5, 0.6) is 0 Å².